The molecule has 0 spiro atoms. The maximum atomic E-state index is 12.5. The van der Waals surface area contributed by atoms with Crippen LogP contribution < -0.4 is 15.4 Å². The minimum absolute atomic E-state index is 0.00391. The van der Waals surface area contributed by atoms with Crippen LogP contribution in [-0.4, -0.2) is 25.7 Å². The lowest BCUT2D eigenvalue weighted by atomic mass is 10.2. The van der Waals surface area contributed by atoms with Crippen LogP contribution in [0.4, 0.5) is 0 Å². The molecule has 0 unspecified atom stereocenters. The van der Waals surface area contributed by atoms with Gasteiger partial charge in [-0.25, -0.2) is 0 Å². The molecule has 1 aliphatic heterocycles. The molecule has 0 saturated heterocycles. The van der Waals surface area contributed by atoms with Gasteiger partial charge in [-0.05, 0) is 54.4 Å². The van der Waals surface area contributed by atoms with E-state index < -0.39 is 0 Å². The Balaban J connectivity index is 1.77. The van der Waals surface area contributed by atoms with E-state index in [0.717, 1.165) is 59.9 Å². The molecule has 1 aliphatic rings. The quantitative estimate of drug-likeness (QED) is 0.640. The van der Waals surface area contributed by atoms with Crippen LogP contribution in [0.1, 0.15) is 36.0 Å². The van der Waals surface area contributed by atoms with E-state index in [-0.39, 0.29) is 5.91 Å². The normalized spacial score (nSPS) is 17.2. The Kier molecular flexibility index (Phi) is 7.73. The highest BCUT2D eigenvalue weighted by Gasteiger charge is 2.13. The zero-order valence-corrected chi connectivity index (χ0v) is 16.3. The van der Waals surface area contributed by atoms with Crippen molar-refractivity contribution in [3.05, 3.63) is 54.1 Å². The van der Waals surface area contributed by atoms with Crippen molar-refractivity contribution in [3.63, 3.8) is 0 Å². The fourth-order valence-corrected chi connectivity index (χ4v) is 4.98. The lowest BCUT2D eigenvalue weighted by molar-refractivity contribution is 0.0950. The van der Waals surface area contributed by atoms with Crippen molar-refractivity contribution in [1.82, 2.24) is 10.6 Å². The van der Waals surface area contributed by atoms with Gasteiger partial charge in [0.15, 0.2) is 0 Å². The molecule has 2 N–H and O–H groups in total. The summed E-state index contributed by atoms with van der Waals surface area (Å²) in [6.45, 7) is 2.19. The molecule has 2 aromatic carbocycles. The van der Waals surface area contributed by atoms with Crippen molar-refractivity contribution >= 4 is 27.5 Å². The number of hydrogen-bond donors (Lipinski definition) is 2. The van der Waals surface area contributed by atoms with Crippen LogP contribution in [0.25, 0.3) is 0 Å². The molecule has 0 aliphatic carbocycles. The Morgan fingerprint density at radius 3 is 2.38 bits per heavy atom. The van der Waals surface area contributed by atoms with Gasteiger partial charge in [0.05, 0.1) is 10.5 Å². The van der Waals surface area contributed by atoms with Gasteiger partial charge in [-0.1, -0.05) is 47.9 Å². The van der Waals surface area contributed by atoms with Crippen LogP contribution in [0.5, 0.6) is 5.75 Å². The van der Waals surface area contributed by atoms with Crippen molar-refractivity contribution < 1.29 is 9.53 Å². The van der Waals surface area contributed by atoms with Gasteiger partial charge in [0.1, 0.15) is 12.5 Å². The molecule has 0 aromatic heterocycles. The van der Waals surface area contributed by atoms with Crippen LogP contribution in [0.2, 0.25) is 0 Å². The summed E-state index contributed by atoms with van der Waals surface area (Å²) in [7, 11) is 3.20. The predicted octanol–water partition coefficient (Wildman–Crippen LogP) is 4.72. The highest BCUT2D eigenvalue weighted by molar-refractivity contribution is 8.76. The third-order valence-electron chi connectivity index (χ3n) is 4.10. The zero-order valence-electron chi connectivity index (χ0n) is 14.7. The maximum absolute atomic E-state index is 12.5. The first kappa shape index (κ1) is 19.1. The summed E-state index contributed by atoms with van der Waals surface area (Å²) < 4.78 is 5.90. The van der Waals surface area contributed by atoms with E-state index >= 15 is 0 Å². The number of hydrogen-bond acceptors (Lipinski definition) is 5. The minimum Gasteiger partial charge on any atom is -0.477 e. The molecule has 0 bridgehead atoms. The van der Waals surface area contributed by atoms with E-state index in [1.54, 1.807) is 21.6 Å². The first-order valence-corrected chi connectivity index (χ1v) is 11.1. The summed E-state index contributed by atoms with van der Waals surface area (Å²) in [5, 5.41) is 6.39. The van der Waals surface area contributed by atoms with Gasteiger partial charge in [0, 0.05) is 11.4 Å². The van der Waals surface area contributed by atoms with E-state index in [0.29, 0.717) is 6.73 Å². The average Bonchev–Trinajstić information content (AvgIpc) is 2.68. The lowest BCUT2D eigenvalue weighted by Crippen LogP contribution is -2.25. The van der Waals surface area contributed by atoms with E-state index in [1.807, 2.05) is 48.5 Å². The number of nitrogens with one attached hydrogen (secondary N) is 2. The summed E-state index contributed by atoms with van der Waals surface area (Å²) in [6.07, 6.45) is 4.41. The second kappa shape index (κ2) is 10.5. The average molecular weight is 389 g/mol. The van der Waals surface area contributed by atoms with Gasteiger partial charge in [0.2, 0.25) is 0 Å². The maximum Gasteiger partial charge on any atom is 0.252 e. The molecule has 26 heavy (non-hydrogen) atoms. The summed E-state index contributed by atoms with van der Waals surface area (Å²) in [5.74, 6) is 0.868. The van der Waals surface area contributed by atoms with Crippen molar-refractivity contribution in [2.75, 3.05) is 19.8 Å². The standard InChI is InChI=1S/C20H24N2O2S2/c23-20-16-9-3-5-11-18(16)25-26-19-12-6-4-10-17(19)24-15-21-13-7-1-2-8-14-22-20/h3-6,9-12,21H,1-2,7-8,13-15H2,(H,22,23). The summed E-state index contributed by atoms with van der Waals surface area (Å²) in [4.78, 5) is 14.5. The highest BCUT2D eigenvalue weighted by atomic mass is 33.1. The van der Waals surface area contributed by atoms with Gasteiger partial charge >= 0.3 is 0 Å². The lowest BCUT2D eigenvalue weighted by Gasteiger charge is -2.12. The molecular formula is C20H24N2O2S2. The third-order valence-corrected chi connectivity index (χ3v) is 6.56. The first-order valence-electron chi connectivity index (χ1n) is 8.99. The zero-order chi connectivity index (χ0) is 18.0. The van der Waals surface area contributed by atoms with Crippen LogP contribution in [0, 0.1) is 0 Å². The number of ether oxygens (including phenoxy) is 1. The molecule has 0 radical (unpaired) electrons. The minimum atomic E-state index is 0.00391. The number of carbonyl (C=O) groups excluding carboxylic acids is 1. The Bertz CT molecular complexity index is 724. The number of amides is 1. The Morgan fingerprint density at radius 1 is 0.808 bits per heavy atom. The number of benzene rings is 2. The molecule has 1 amide bonds. The number of para-hydroxylation sites is 1. The van der Waals surface area contributed by atoms with Gasteiger partial charge in [-0.2, -0.15) is 0 Å². The van der Waals surface area contributed by atoms with E-state index in [4.69, 9.17) is 4.74 Å². The molecule has 1 heterocycles. The van der Waals surface area contributed by atoms with Crippen molar-refractivity contribution in [2.24, 2.45) is 0 Å². The highest BCUT2D eigenvalue weighted by Crippen LogP contribution is 2.42. The van der Waals surface area contributed by atoms with Gasteiger partial charge in [-0.3, -0.25) is 10.1 Å². The molecule has 138 valence electrons. The Labute approximate surface area is 162 Å². The largest absolute Gasteiger partial charge is 0.477 e. The van der Waals surface area contributed by atoms with Crippen molar-refractivity contribution in [3.8, 4) is 5.75 Å². The van der Waals surface area contributed by atoms with Crippen molar-refractivity contribution in [2.45, 2.75) is 35.5 Å². The monoisotopic (exact) mass is 388 g/mol. The molecule has 3 rings (SSSR count). The second-order valence-electron chi connectivity index (χ2n) is 6.07. The number of carbonyl (C=O) groups is 1. The van der Waals surface area contributed by atoms with Crippen LogP contribution >= 0.6 is 21.6 Å². The summed E-state index contributed by atoms with van der Waals surface area (Å²) in [6, 6.07) is 15.8. The fraction of sp³-hybridized carbons (Fsp3) is 0.350. The van der Waals surface area contributed by atoms with Gasteiger partial charge < -0.3 is 10.1 Å². The predicted molar refractivity (Wildman–Crippen MR) is 109 cm³/mol. The summed E-state index contributed by atoms with van der Waals surface area (Å²) >= 11 is 0. The number of fused-ring (bicyclic) bond motifs is 2. The van der Waals surface area contributed by atoms with E-state index in [2.05, 4.69) is 10.6 Å². The van der Waals surface area contributed by atoms with Gasteiger partial charge in [0.25, 0.3) is 5.91 Å². The molecular weight excluding hydrogens is 364 g/mol. The molecule has 6 heteroatoms. The Morgan fingerprint density at radius 2 is 1.50 bits per heavy atom. The molecule has 0 fully saturated rings. The molecule has 0 saturated carbocycles. The number of rotatable bonds is 0. The molecule has 2 aromatic rings. The van der Waals surface area contributed by atoms with Crippen molar-refractivity contribution in [1.29, 1.82) is 0 Å². The SMILES string of the molecule is O=C1NCCCCCCNCOc2ccccc2SSc2ccccc21. The fourth-order valence-electron chi connectivity index (χ4n) is 2.68. The van der Waals surface area contributed by atoms with E-state index in [1.165, 1.54) is 0 Å². The topological polar surface area (TPSA) is 50.4 Å². The molecule has 0 atom stereocenters. The Hall–Kier alpha value is -1.63. The smallest absolute Gasteiger partial charge is 0.252 e. The first-order chi connectivity index (χ1) is 12.8. The van der Waals surface area contributed by atoms with Gasteiger partial charge in [-0.15, -0.1) is 0 Å². The second-order valence-corrected chi connectivity index (χ2v) is 8.28. The van der Waals surface area contributed by atoms with E-state index in [9.17, 15) is 4.79 Å². The van der Waals surface area contributed by atoms with Crippen LogP contribution in [0.15, 0.2) is 58.3 Å². The van der Waals surface area contributed by atoms with Crippen LogP contribution in [0.3, 0.4) is 0 Å². The third kappa shape index (κ3) is 5.69. The van der Waals surface area contributed by atoms with Crippen LogP contribution in [-0.2, 0) is 0 Å². The summed E-state index contributed by atoms with van der Waals surface area (Å²) in [5.41, 5.74) is 0.731. The molecule has 4 nitrogen and oxygen atoms in total.